The maximum atomic E-state index is 10.5. The van der Waals surface area contributed by atoms with Crippen LogP contribution in [0.4, 0.5) is 0 Å². The van der Waals surface area contributed by atoms with Crippen molar-refractivity contribution >= 4 is 17.6 Å². The summed E-state index contributed by atoms with van der Waals surface area (Å²) < 4.78 is 5.62. The molecule has 0 fully saturated rings. The number of hydrogen-bond acceptors (Lipinski definition) is 4. The summed E-state index contributed by atoms with van der Waals surface area (Å²) in [5.74, 6) is 1.34. The monoisotopic (exact) mass is 261 g/mol. The number of hydrogen-bond donors (Lipinski definition) is 0. The van der Waals surface area contributed by atoms with Gasteiger partial charge in [0.1, 0.15) is 17.4 Å². The van der Waals surface area contributed by atoms with Crippen LogP contribution in [0.3, 0.4) is 0 Å². The van der Waals surface area contributed by atoms with Crippen molar-refractivity contribution in [1.29, 1.82) is 0 Å². The van der Waals surface area contributed by atoms with E-state index in [1.54, 1.807) is 6.20 Å². The van der Waals surface area contributed by atoms with Crippen LogP contribution in [-0.2, 0) is 6.61 Å². The van der Waals surface area contributed by atoms with Crippen LogP contribution in [0.15, 0.2) is 30.5 Å². The highest BCUT2D eigenvalue weighted by Gasteiger charge is 2.03. The number of rotatable bonds is 5. The van der Waals surface area contributed by atoms with E-state index in [0.717, 1.165) is 17.0 Å². The Labute approximate surface area is 110 Å². The Balaban J connectivity index is 1.95. The first-order chi connectivity index (χ1) is 8.69. The summed E-state index contributed by atoms with van der Waals surface area (Å²) in [6, 6.07) is 8.06. The van der Waals surface area contributed by atoms with Crippen molar-refractivity contribution in [2.45, 2.75) is 26.4 Å². The third-order valence-electron chi connectivity index (χ3n) is 2.60. The molecule has 0 radical (unpaired) electrons. The largest absolute Gasteiger partial charge is 0.486 e. The Bertz CT molecular complexity index is 517. The van der Waals surface area contributed by atoms with Crippen LogP contribution in [0.25, 0.3) is 0 Å². The van der Waals surface area contributed by atoms with E-state index in [-0.39, 0.29) is 0 Å². The van der Waals surface area contributed by atoms with Crippen molar-refractivity contribution in [1.82, 2.24) is 4.98 Å². The van der Waals surface area contributed by atoms with Gasteiger partial charge in [-0.05, 0) is 23.6 Å². The Morgan fingerprint density at radius 2 is 2.06 bits per heavy atom. The molecule has 1 aromatic carbocycles. The van der Waals surface area contributed by atoms with E-state index >= 15 is 0 Å². The number of ether oxygens (including phenoxy) is 1. The Morgan fingerprint density at radius 3 is 2.61 bits per heavy atom. The molecule has 2 aromatic rings. The second-order valence-corrected chi connectivity index (χ2v) is 5.43. The van der Waals surface area contributed by atoms with E-state index in [2.05, 4.69) is 31.0 Å². The summed E-state index contributed by atoms with van der Waals surface area (Å²) in [7, 11) is 0. The molecule has 0 aliphatic carbocycles. The molecule has 0 spiro atoms. The van der Waals surface area contributed by atoms with E-state index in [0.29, 0.717) is 17.4 Å². The molecule has 2 rings (SSSR count). The summed E-state index contributed by atoms with van der Waals surface area (Å²) in [5.41, 5.74) is 1.29. The molecule has 3 nitrogen and oxygen atoms in total. The molecular formula is C14H15NO2S. The molecule has 18 heavy (non-hydrogen) atoms. The van der Waals surface area contributed by atoms with Gasteiger partial charge in [-0.1, -0.05) is 26.0 Å². The zero-order valence-corrected chi connectivity index (χ0v) is 11.2. The molecule has 0 amide bonds. The number of carbonyl (C=O) groups excluding carboxylic acids is 1. The van der Waals surface area contributed by atoms with Gasteiger partial charge in [-0.2, -0.15) is 0 Å². The molecule has 1 heterocycles. The molecule has 94 valence electrons. The first-order valence-electron chi connectivity index (χ1n) is 5.81. The maximum Gasteiger partial charge on any atom is 0.161 e. The molecule has 0 aliphatic heterocycles. The number of aromatic nitrogens is 1. The third-order valence-corrected chi connectivity index (χ3v) is 3.49. The molecular weight excluding hydrogens is 246 g/mol. The van der Waals surface area contributed by atoms with E-state index in [1.807, 2.05) is 12.1 Å². The minimum absolute atomic E-state index is 0.402. The Morgan fingerprint density at radius 1 is 1.33 bits per heavy atom. The smallest absolute Gasteiger partial charge is 0.161 e. The Hall–Kier alpha value is -1.68. The molecule has 0 unspecified atom stereocenters. The summed E-state index contributed by atoms with van der Waals surface area (Å²) in [6.07, 6.45) is 2.37. The SMILES string of the molecule is CC(C)c1ccc(OCc2ncc(C=O)s2)cc1. The number of aldehydes is 1. The van der Waals surface area contributed by atoms with Gasteiger partial charge in [0.25, 0.3) is 0 Å². The van der Waals surface area contributed by atoms with Crippen molar-refractivity contribution in [2.24, 2.45) is 0 Å². The zero-order chi connectivity index (χ0) is 13.0. The minimum Gasteiger partial charge on any atom is -0.486 e. The fourth-order valence-corrected chi connectivity index (χ4v) is 2.19. The second-order valence-electron chi connectivity index (χ2n) is 4.29. The van der Waals surface area contributed by atoms with Gasteiger partial charge in [0.15, 0.2) is 6.29 Å². The Kier molecular flexibility index (Phi) is 4.10. The fourth-order valence-electron chi connectivity index (χ4n) is 1.54. The number of benzene rings is 1. The first kappa shape index (κ1) is 12.8. The first-order valence-corrected chi connectivity index (χ1v) is 6.63. The lowest BCUT2D eigenvalue weighted by Gasteiger charge is -2.07. The second kappa shape index (κ2) is 5.78. The van der Waals surface area contributed by atoms with Gasteiger partial charge in [0.2, 0.25) is 0 Å². The van der Waals surface area contributed by atoms with Gasteiger partial charge in [0, 0.05) is 6.20 Å². The molecule has 0 aliphatic rings. The average Bonchev–Trinajstić information content (AvgIpc) is 2.85. The highest BCUT2D eigenvalue weighted by atomic mass is 32.1. The van der Waals surface area contributed by atoms with Crippen LogP contribution >= 0.6 is 11.3 Å². The molecule has 0 saturated heterocycles. The lowest BCUT2D eigenvalue weighted by atomic mass is 10.0. The van der Waals surface area contributed by atoms with Gasteiger partial charge < -0.3 is 4.74 Å². The maximum absolute atomic E-state index is 10.5. The summed E-state index contributed by atoms with van der Waals surface area (Å²) in [6.45, 7) is 4.72. The van der Waals surface area contributed by atoms with Gasteiger partial charge in [-0.15, -0.1) is 11.3 Å². The standard InChI is InChI=1S/C14H15NO2S/c1-10(2)11-3-5-12(6-4-11)17-9-14-15-7-13(8-16)18-14/h3-8,10H,9H2,1-2H3. The highest BCUT2D eigenvalue weighted by molar-refractivity contribution is 7.13. The van der Waals surface area contributed by atoms with Crippen molar-refractivity contribution in [3.8, 4) is 5.75 Å². The van der Waals surface area contributed by atoms with Crippen LogP contribution in [0.1, 0.15) is 40.0 Å². The quantitative estimate of drug-likeness (QED) is 0.771. The minimum atomic E-state index is 0.402. The van der Waals surface area contributed by atoms with Crippen LogP contribution in [-0.4, -0.2) is 11.3 Å². The van der Waals surface area contributed by atoms with Gasteiger partial charge in [-0.25, -0.2) is 4.98 Å². The van der Waals surface area contributed by atoms with E-state index in [1.165, 1.54) is 16.9 Å². The molecule has 0 bridgehead atoms. The van der Waals surface area contributed by atoms with Crippen molar-refractivity contribution in [3.63, 3.8) is 0 Å². The number of thiazole rings is 1. The zero-order valence-electron chi connectivity index (χ0n) is 10.4. The van der Waals surface area contributed by atoms with E-state index in [9.17, 15) is 4.79 Å². The molecule has 1 aromatic heterocycles. The van der Waals surface area contributed by atoms with E-state index < -0.39 is 0 Å². The summed E-state index contributed by atoms with van der Waals surface area (Å²) in [5, 5.41) is 0.810. The topological polar surface area (TPSA) is 39.2 Å². The lowest BCUT2D eigenvalue weighted by Crippen LogP contribution is -1.95. The molecule has 4 heteroatoms. The van der Waals surface area contributed by atoms with Crippen molar-refractivity contribution < 1.29 is 9.53 Å². The molecule has 0 atom stereocenters. The number of carbonyl (C=O) groups is 1. The predicted octanol–water partition coefficient (Wildman–Crippen LogP) is 3.66. The van der Waals surface area contributed by atoms with E-state index in [4.69, 9.17) is 4.74 Å². The van der Waals surface area contributed by atoms with Crippen LogP contribution in [0, 0.1) is 0 Å². The summed E-state index contributed by atoms with van der Waals surface area (Å²) in [4.78, 5) is 15.3. The highest BCUT2D eigenvalue weighted by Crippen LogP contribution is 2.20. The third kappa shape index (κ3) is 3.17. The van der Waals surface area contributed by atoms with Gasteiger partial charge >= 0.3 is 0 Å². The molecule has 0 saturated carbocycles. The summed E-state index contributed by atoms with van der Waals surface area (Å²) >= 11 is 1.36. The van der Waals surface area contributed by atoms with Gasteiger partial charge in [0.05, 0.1) is 4.88 Å². The van der Waals surface area contributed by atoms with Crippen LogP contribution in [0.2, 0.25) is 0 Å². The lowest BCUT2D eigenvalue weighted by molar-refractivity contribution is 0.112. The van der Waals surface area contributed by atoms with Crippen LogP contribution < -0.4 is 4.74 Å². The number of nitrogens with zero attached hydrogens (tertiary/aromatic N) is 1. The van der Waals surface area contributed by atoms with Crippen LogP contribution in [0.5, 0.6) is 5.75 Å². The fraction of sp³-hybridized carbons (Fsp3) is 0.286. The van der Waals surface area contributed by atoms with Crippen molar-refractivity contribution in [2.75, 3.05) is 0 Å². The predicted molar refractivity (Wildman–Crippen MR) is 72.4 cm³/mol. The van der Waals surface area contributed by atoms with Gasteiger partial charge in [-0.3, -0.25) is 4.79 Å². The molecule has 0 N–H and O–H groups in total. The average molecular weight is 261 g/mol. The normalized spacial score (nSPS) is 10.6. The van der Waals surface area contributed by atoms with Crippen molar-refractivity contribution in [3.05, 3.63) is 45.9 Å².